The lowest BCUT2D eigenvalue weighted by molar-refractivity contribution is -0.149. The van der Waals surface area contributed by atoms with Gasteiger partial charge in [-0.05, 0) is 44.4 Å². The normalized spacial score (nSPS) is 13.7. The van der Waals surface area contributed by atoms with Gasteiger partial charge in [0, 0.05) is 6.04 Å². The third kappa shape index (κ3) is 6.17. The Morgan fingerprint density at radius 3 is 2.25 bits per heavy atom. The van der Waals surface area contributed by atoms with E-state index in [4.69, 9.17) is 4.74 Å². The van der Waals surface area contributed by atoms with Gasteiger partial charge in [0.25, 0.3) is 0 Å². The molecule has 0 radical (unpaired) electrons. The minimum Gasteiger partial charge on any atom is -0.466 e. The fraction of sp³-hybridized carbons (Fsp3) is 0.409. The minimum atomic E-state index is -3.74. The highest BCUT2D eigenvalue weighted by atomic mass is 32.2. The van der Waals surface area contributed by atoms with Crippen LogP contribution < -0.4 is 4.72 Å². The van der Waals surface area contributed by atoms with E-state index in [0.29, 0.717) is 12.8 Å². The van der Waals surface area contributed by atoms with Gasteiger partial charge in [-0.1, -0.05) is 61.4 Å². The molecule has 1 N–H and O–H groups in total. The van der Waals surface area contributed by atoms with E-state index < -0.39 is 22.0 Å². The highest BCUT2D eigenvalue weighted by Crippen LogP contribution is 2.21. The van der Waals surface area contributed by atoms with Crippen LogP contribution in [0.4, 0.5) is 0 Å². The predicted octanol–water partition coefficient (Wildman–Crippen LogP) is 3.86. The highest BCUT2D eigenvalue weighted by molar-refractivity contribution is 7.89. The van der Waals surface area contributed by atoms with Crippen LogP contribution >= 0.6 is 0 Å². The maximum atomic E-state index is 12.9. The lowest BCUT2D eigenvalue weighted by Crippen LogP contribution is -2.44. The van der Waals surface area contributed by atoms with Crippen LogP contribution in [0.3, 0.4) is 0 Å². The molecule has 0 saturated carbocycles. The summed E-state index contributed by atoms with van der Waals surface area (Å²) in [5, 5.41) is 0. The van der Waals surface area contributed by atoms with Gasteiger partial charge < -0.3 is 4.74 Å². The molecule has 0 aliphatic heterocycles. The molecule has 28 heavy (non-hydrogen) atoms. The van der Waals surface area contributed by atoms with E-state index in [1.54, 1.807) is 31.2 Å². The molecular formula is C22H29NO4S. The van der Waals surface area contributed by atoms with Crippen molar-refractivity contribution in [1.29, 1.82) is 0 Å². The average molecular weight is 404 g/mol. The summed E-state index contributed by atoms with van der Waals surface area (Å²) in [6.07, 6.45) is 1.70. The second kappa shape index (κ2) is 10.4. The summed E-state index contributed by atoms with van der Waals surface area (Å²) in [4.78, 5) is 12.9. The van der Waals surface area contributed by atoms with Crippen molar-refractivity contribution in [2.75, 3.05) is 6.61 Å². The smallest absolute Gasteiger partial charge is 0.310 e. The summed E-state index contributed by atoms with van der Waals surface area (Å²) in [5.41, 5.74) is 1.95. The highest BCUT2D eigenvalue weighted by Gasteiger charge is 2.32. The molecule has 0 aliphatic rings. The van der Waals surface area contributed by atoms with Gasteiger partial charge >= 0.3 is 5.97 Å². The van der Waals surface area contributed by atoms with Gasteiger partial charge in [-0.2, -0.15) is 0 Å². The van der Waals surface area contributed by atoms with Crippen molar-refractivity contribution < 1.29 is 17.9 Å². The van der Waals surface area contributed by atoms with Crippen molar-refractivity contribution in [3.8, 4) is 0 Å². The van der Waals surface area contributed by atoms with Crippen LogP contribution in [0.25, 0.3) is 0 Å². The summed E-state index contributed by atoms with van der Waals surface area (Å²) >= 11 is 0. The van der Waals surface area contributed by atoms with E-state index in [9.17, 15) is 13.2 Å². The molecule has 0 spiro atoms. The van der Waals surface area contributed by atoms with Gasteiger partial charge in [0.15, 0.2) is 0 Å². The maximum absolute atomic E-state index is 12.9. The summed E-state index contributed by atoms with van der Waals surface area (Å²) in [5.74, 6) is -0.973. The maximum Gasteiger partial charge on any atom is 0.310 e. The standard InChI is InChI=1S/C22H29NO4S/c1-4-9-21(23-28(25,26)19-14-12-17(3)13-15-19)20(22(24)27-5-2)16-18-10-7-6-8-11-18/h6-8,10-15,20-21,23H,4-5,9,16H2,1-3H3. The Balaban J connectivity index is 2.31. The molecule has 2 unspecified atom stereocenters. The molecule has 0 aliphatic carbocycles. The molecule has 152 valence electrons. The lowest BCUT2D eigenvalue weighted by atomic mass is 9.90. The van der Waals surface area contributed by atoms with Crippen LogP contribution in [0.5, 0.6) is 0 Å². The van der Waals surface area contributed by atoms with Crippen molar-refractivity contribution in [3.63, 3.8) is 0 Å². The van der Waals surface area contributed by atoms with Crippen LogP contribution in [0.15, 0.2) is 59.5 Å². The Bertz CT molecular complexity index is 848. The quantitative estimate of drug-likeness (QED) is 0.612. The van der Waals surface area contributed by atoms with Gasteiger partial charge in [-0.25, -0.2) is 13.1 Å². The first-order valence-corrected chi connectivity index (χ1v) is 11.1. The third-order valence-electron chi connectivity index (χ3n) is 4.61. The van der Waals surface area contributed by atoms with E-state index in [1.807, 2.05) is 44.2 Å². The van der Waals surface area contributed by atoms with Crippen molar-refractivity contribution >= 4 is 16.0 Å². The molecular weight excluding hydrogens is 374 g/mol. The van der Waals surface area contributed by atoms with Crippen LogP contribution in [-0.4, -0.2) is 27.0 Å². The van der Waals surface area contributed by atoms with Crippen molar-refractivity contribution in [2.24, 2.45) is 5.92 Å². The molecule has 2 aromatic rings. The van der Waals surface area contributed by atoms with Crippen molar-refractivity contribution in [3.05, 3.63) is 65.7 Å². The van der Waals surface area contributed by atoms with E-state index >= 15 is 0 Å². The van der Waals surface area contributed by atoms with Crippen LogP contribution in [0, 0.1) is 12.8 Å². The Hall–Kier alpha value is -2.18. The number of esters is 1. The Kier molecular flexibility index (Phi) is 8.20. The first kappa shape index (κ1) is 22.1. The summed E-state index contributed by atoms with van der Waals surface area (Å²) in [6, 6.07) is 15.7. The third-order valence-corrected chi connectivity index (χ3v) is 6.12. The average Bonchev–Trinajstić information content (AvgIpc) is 2.67. The molecule has 0 heterocycles. The molecule has 2 atom stereocenters. The zero-order valence-corrected chi connectivity index (χ0v) is 17.5. The first-order chi connectivity index (χ1) is 13.4. The Morgan fingerprint density at radius 2 is 1.68 bits per heavy atom. The van der Waals surface area contributed by atoms with Crippen molar-refractivity contribution in [1.82, 2.24) is 4.72 Å². The fourth-order valence-corrected chi connectivity index (χ4v) is 4.46. The predicted molar refractivity (Wildman–Crippen MR) is 110 cm³/mol. The van der Waals surface area contributed by atoms with E-state index in [-0.39, 0.29) is 17.5 Å². The van der Waals surface area contributed by atoms with Gasteiger partial charge in [0.05, 0.1) is 17.4 Å². The SMILES string of the molecule is CCCC(NS(=O)(=O)c1ccc(C)cc1)C(Cc1ccccc1)C(=O)OCC. The molecule has 0 bridgehead atoms. The molecule has 0 amide bonds. The Labute approximate surface area is 168 Å². The van der Waals surface area contributed by atoms with Gasteiger partial charge in [-0.3, -0.25) is 4.79 Å². The summed E-state index contributed by atoms with van der Waals surface area (Å²) in [7, 11) is -3.74. The van der Waals surface area contributed by atoms with Gasteiger partial charge in [0.1, 0.15) is 0 Å². The van der Waals surface area contributed by atoms with Crippen LogP contribution in [0.1, 0.15) is 37.8 Å². The minimum absolute atomic E-state index is 0.196. The number of rotatable bonds is 10. The monoisotopic (exact) mass is 403 g/mol. The number of sulfonamides is 1. The number of hydrogen-bond donors (Lipinski definition) is 1. The number of carbonyl (C=O) groups excluding carboxylic acids is 1. The number of ether oxygens (including phenoxy) is 1. The molecule has 0 fully saturated rings. The number of carbonyl (C=O) groups is 1. The fourth-order valence-electron chi connectivity index (χ4n) is 3.15. The number of aryl methyl sites for hydroxylation is 1. The second-order valence-electron chi connectivity index (χ2n) is 6.88. The topological polar surface area (TPSA) is 72.5 Å². The molecule has 2 rings (SSSR count). The van der Waals surface area contributed by atoms with Crippen LogP contribution in [0.2, 0.25) is 0 Å². The van der Waals surface area contributed by atoms with Gasteiger partial charge in [0.2, 0.25) is 10.0 Å². The van der Waals surface area contributed by atoms with E-state index in [2.05, 4.69) is 4.72 Å². The molecule has 5 nitrogen and oxygen atoms in total. The zero-order chi connectivity index (χ0) is 20.6. The summed E-state index contributed by atoms with van der Waals surface area (Å²) in [6.45, 7) is 5.88. The molecule has 6 heteroatoms. The second-order valence-corrected chi connectivity index (χ2v) is 8.59. The number of hydrogen-bond acceptors (Lipinski definition) is 4. The molecule has 0 aromatic heterocycles. The zero-order valence-electron chi connectivity index (χ0n) is 16.7. The first-order valence-electron chi connectivity index (χ1n) is 9.67. The number of nitrogens with one attached hydrogen (secondary N) is 1. The van der Waals surface area contributed by atoms with E-state index in [0.717, 1.165) is 17.5 Å². The lowest BCUT2D eigenvalue weighted by Gasteiger charge is -2.26. The summed E-state index contributed by atoms with van der Waals surface area (Å²) < 4.78 is 33.8. The van der Waals surface area contributed by atoms with Crippen LogP contribution in [-0.2, 0) is 26.0 Å². The van der Waals surface area contributed by atoms with Crippen molar-refractivity contribution in [2.45, 2.75) is 51.0 Å². The Morgan fingerprint density at radius 1 is 1.04 bits per heavy atom. The van der Waals surface area contributed by atoms with Gasteiger partial charge in [-0.15, -0.1) is 0 Å². The molecule has 0 saturated heterocycles. The largest absolute Gasteiger partial charge is 0.466 e. The van der Waals surface area contributed by atoms with E-state index in [1.165, 1.54) is 0 Å². The molecule has 2 aromatic carbocycles. The number of benzene rings is 2.